The van der Waals surface area contributed by atoms with Crippen molar-refractivity contribution >= 4 is 29.2 Å². The van der Waals surface area contributed by atoms with E-state index in [9.17, 15) is 9.59 Å². The highest BCUT2D eigenvalue weighted by molar-refractivity contribution is 6.33. The monoisotopic (exact) mass is 374 g/mol. The molecule has 2 aliphatic rings. The summed E-state index contributed by atoms with van der Waals surface area (Å²) in [5, 5.41) is 0.422. The molecule has 132 valence electrons. The Labute approximate surface area is 161 Å². The lowest BCUT2D eigenvalue weighted by molar-refractivity contribution is 0.0959. The van der Waals surface area contributed by atoms with E-state index in [4.69, 9.17) is 16.0 Å². The SMILES string of the molecule is CCC1=Cc2ccccc2C1c1cc2c(o1)C(=O)c1cc(Cl)ccc1C2=O. The highest BCUT2D eigenvalue weighted by atomic mass is 35.5. The predicted molar refractivity (Wildman–Crippen MR) is 104 cm³/mol. The second kappa shape index (κ2) is 5.80. The number of fused-ring (bicyclic) bond motifs is 3. The van der Waals surface area contributed by atoms with Crippen molar-refractivity contribution in [2.45, 2.75) is 19.3 Å². The van der Waals surface area contributed by atoms with Gasteiger partial charge in [-0.2, -0.15) is 0 Å². The van der Waals surface area contributed by atoms with Crippen LogP contribution in [0.15, 0.2) is 58.5 Å². The number of furan rings is 1. The molecule has 1 aromatic heterocycles. The topological polar surface area (TPSA) is 47.3 Å². The van der Waals surface area contributed by atoms with Crippen LogP contribution in [0.3, 0.4) is 0 Å². The van der Waals surface area contributed by atoms with E-state index >= 15 is 0 Å². The standard InChI is InChI=1S/C23H15ClO3/c1-2-12-9-13-5-3-4-6-15(13)20(12)19-11-18-21(25)16-8-7-14(24)10-17(16)22(26)23(18)27-19/h3-11,20H,2H2,1H3. The maximum atomic E-state index is 12.9. The van der Waals surface area contributed by atoms with Gasteiger partial charge in [0.05, 0.1) is 11.5 Å². The van der Waals surface area contributed by atoms with Gasteiger partial charge in [-0.25, -0.2) is 0 Å². The molecule has 0 saturated heterocycles. The fourth-order valence-corrected chi connectivity index (χ4v) is 4.26. The van der Waals surface area contributed by atoms with Gasteiger partial charge in [-0.3, -0.25) is 9.59 Å². The summed E-state index contributed by atoms with van der Waals surface area (Å²) >= 11 is 6.02. The minimum Gasteiger partial charge on any atom is -0.456 e. The van der Waals surface area contributed by atoms with Crippen molar-refractivity contribution in [3.05, 3.63) is 98.5 Å². The summed E-state index contributed by atoms with van der Waals surface area (Å²) in [6.07, 6.45) is 3.03. The summed E-state index contributed by atoms with van der Waals surface area (Å²) in [4.78, 5) is 25.8. The molecule has 27 heavy (non-hydrogen) atoms. The Morgan fingerprint density at radius 2 is 1.78 bits per heavy atom. The van der Waals surface area contributed by atoms with E-state index in [-0.39, 0.29) is 23.2 Å². The van der Waals surface area contributed by atoms with Crippen molar-refractivity contribution in [3.63, 3.8) is 0 Å². The van der Waals surface area contributed by atoms with Gasteiger partial charge in [0.15, 0.2) is 11.5 Å². The molecule has 0 amide bonds. The Bertz CT molecular complexity index is 1170. The van der Waals surface area contributed by atoms with Crippen LogP contribution in [0.2, 0.25) is 5.02 Å². The average Bonchev–Trinajstić information content (AvgIpc) is 3.27. The molecule has 2 aliphatic carbocycles. The lowest BCUT2D eigenvalue weighted by Crippen LogP contribution is -2.18. The maximum absolute atomic E-state index is 12.9. The van der Waals surface area contributed by atoms with Gasteiger partial charge in [-0.05, 0) is 41.8 Å². The minimum atomic E-state index is -0.290. The minimum absolute atomic E-state index is 0.0656. The van der Waals surface area contributed by atoms with Crippen molar-refractivity contribution in [3.8, 4) is 0 Å². The smallest absolute Gasteiger partial charge is 0.229 e. The first-order chi connectivity index (χ1) is 13.1. The Morgan fingerprint density at radius 1 is 0.963 bits per heavy atom. The van der Waals surface area contributed by atoms with Crippen LogP contribution in [0.1, 0.15) is 68.2 Å². The predicted octanol–water partition coefficient (Wildman–Crippen LogP) is 5.65. The molecular formula is C23H15ClO3. The number of halogens is 1. The summed E-state index contributed by atoms with van der Waals surface area (Å²) in [6.45, 7) is 2.10. The zero-order valence-corrected chi connectivity index (χ0v) is 15.3. The number of carbonyl (C=O) groups is 2. The number of ketones is 2. The number of rotatable bonds is 2. The number of benzene rings is 2. The van der Waals surface area contributed by atoms with Gasteiger partial charge in [0.2, 0.25) is 5.78 Å². The summed E-state index contributed by atoms with van der Waals surface area (Å²) in [7, 11) is 0. The lowest BCUT2D eigenvalue weighted by Gasteiger charge is -2.13. The summed E-state index contributed by atoms with van der Waals surface area (Å²) < 4.78 is 6.00. The van der Waals surface area contributed by atoms with E-state index in [1.54, 1.807) is 18.2 Å². The molecule has 2 aromatic carbocycles. The van der Waals surface area contributed by atoms with Crippen molar-refractivity contribution in [2.24, 2.45) is 0 Å². The largest absolute Gasteiger partial charge is 0.456 e. The van der Waals surface area contributed by atoms with E-state index in [1.165, 1.54) is 11.6 Å². The highest BCUT2D eigenvalue weighted by Crippen LogP contribution is 2.44. The van der Waals surface area contributed by atoms with Gasteiger partial charge in [0.25, 0.3) is 0 Å². The number of carbonyl (C=O) groups excluding carboxylic acids is 2. The third-order valence-electron chi connectivity index (χ3n) is 5.38. The first-order valence-electron chi connectivity index (χ1n) is 8.90. The molecule has 0 bridgehead atoms. The molecule has 4 heteroatoms. The molecule has 0 saturated carbocycles. The molecule has 1 atom stereocenters. The van der Waals surface area contributed by atoms with Gasteiger partial charge >= 0.3 is 0 Å². The van der Waals surface area contributed by atoms with Crippen LogP contribution < -0.4 is 0 Å². The molecule has 5 rings (SSSR count). The Hall–Kier alpha value is -2.91. The van der Waals surface area contributed by atoms with E-state index in [0.717, 1.165) is 17.5 Å². The van der Waals surface area contributed by atoms with Crippen LogP contribution in [0, 0.1) is 0 Å². The quantitative estimate of drug-likeness (QED) is 0.455. The normalized spacial score (nSPS) is 17.4. The number of allylic oxidation sites excluding steroid dienone is 1. The summed E-state index contributed by atoms with van der Waals surface area (Å²) in [5.74, 6) is 0.202. The van der Waals surface area contributed by atoms with Crippen LogP contribution in [0.4, 0.5) is 0 Å². The Kier molecular flexibility index (Phi) is 3.49. The van der Waals surface area contributed by atoms with Crippen molar-refractivity contribution < 1.29 is 14.0 Å². The molecule has 3 nitrogen and oxygen atoms in total. The molecule has 0 aliphatic heterocycles. The molecule has 1 heterocycles. The van der Waals surface area contributed by atoms with Crippen LogP contribution in [-0.2, 0) is 0 Å². The van der Waals surface area contributed by atoms with Crippen molar-refractivity contribution in [1.82, 2.24) is 0 Å². The van der Waals surface area contributed by atoms with Gasteiger partial charge in [0, 0.05) is 16.1 Å². The zero-order valence-electron chi connectivity index (χ0n) is 14.6. The van der Waals surface area contributed by atoms with Crippen LogP contribution >= 0.6 is 11.6 Å². The second-order valence-corrected chi connectivity index (χ2v) is 7.31. The highest BCUT2D eigenvalue weighted by Gasteiger charge is 2.37. The van der Waals surface area contributed by atoms with Gasteiger partial charge < -0.3 is 4.42 Å². The van der Waals surface area contributed by atoms with Gasteiger partial charge in [-0.15, -0.1) is 0 Å². The lowest BCUT2D eigenvalue weighted by atomic mass is 9.87. The molecule has 3 aromatic rings. The molecular weight excluding hydrogens is 360 g/mol. The van der Waals surface area contributed by atoms with E-state index in [0.29, 0.717) is 27.5 Å². The molecule has 0 fully saturated rings. The third-order valence-corrected chi connectivity index (χ3v) is 5.62. The molecule has 1 unspecified atom stereocenters. The summed E-state index contributed by atoms with van der Waals surface area (Å²) in [5.41, 5.74) is 4.52. The van der Waals surface area contributed by atoms with E-state index in [2.05, 4.69) is 25.1 Å². The van der Waals surface area contributed by atoms with E-state index in [1.807, 2.05) is 12.1 Å². The van der Waals surface area contributed by atoms with E-state index < -0.39 is 0 Å². The van der Waals surface area contributed by atoms with Crippen molar-refractivity contribution in [2.75, 3.05) is 0 Å². The average molecular weight is 375 g/mol. The number of hydrogen-bond acceptors (Lipinski definition) is 3. The molecule has 0 radical (unpaired) electrons. The first kappa shape index (κ1) is 16.3. The number of hydrogen-bond donors (Lipinski definition) is 0. The second-order valence-electron chi connectivity index (χ2n) is 6.87. The van der Waals surface area contributed by atoms with Crippen LogP contribution in [0.25, 0.3) is 6.08 Å². The maximum Gasteiger partial charge on any atom is 0.229 e. The fourth-order valence-electron chi connectivity index (χ4n) is 4.09. The van der Waals surface area contributed by atoms with Crippen molar-refractivity contribution in [1.29, 1.82) is 0 Å². The first-order valence-corrected chi connectivity index (χ1v) is 9.28. The zero-order chi connectivity index (χ0) is 18.7. The Morgan fingerprint density at radius 3 is 2.59 bits per heavy atom. The van der Waals surface area contributed by atoms with Crippen LogP contribution in [0.5, 0.6) is 0 Å². The molecule has 0 N–H and O–H groups in total. The summed E-state index contributed by atoms with van der Waals surface area (Å²) in [6, 6.07) is 14.6. The third kappa shape index (κ3) is 2.28. The molecule has 0 spiro atoms. The van der Waals surface area contributed by atoms with Gasteiger partial charge in [0.1, 0.15) is 5.76 Å². The van der Waals surface area contributed by atoms with Gasteiger partial charge in [-0.1, -0.05) is 54.4 Å². The fraction of sp³-hybridized carbons (Fsp3) is 0.130. The Balaban J connectivity index is 1.67. The van der Waals surface area contributed by atoms with Crippen LogP contribution in [-0.4, -0.2) is 11.6 Å².